The van der Waals surface area contributed by atoms with Gasteiger partial charge in [-0.2, -0.15) is 0 Å². The first kappa shape index (κ1) is 25.5. The Balaban J connectivity index is 1.76. The number of aliphatic imine (C=N–C) groups is 1. The van der Waals surface area contributed by atoms with E-state index in [1.807, 2.05) is 36.4 Å². The van der Waals surface area contributed by atoms with E-state index in [0.29, 0.717) is 34.1 Å². The van der Waals surface area contributed by atoms with E-state index in [1.165, 1.54) is 4.90 Å². The first-order valence-corrected chi connectivity index (χ1v) is 12.5. The average molecular weight is 487 g/mol. The molecule has 188 valence electrons. The molecule has 2 aromatic rings. The second kappa shape index (κ2) is 11.4. The van der Waals surface area contributed by atoms with Crippen molar-refractivity contribution in [3.05, 3.63) is 77.4 Å². The summed E-state index contributed by atoms with van der Waals surface area (Å²) in [5.74, 6) is 0.268. The molecule has 0 unspecified atom stereocenters. The minimum Gasteiger partial charge on any atom is -0.338 e. The van der Waals surface area contributed by atoms with Crippen molar-refractivity contribution in [2.45, 2.75) is 20.8 Å². The van der Waals surface area contributed by atoms with Crippen LogP contribution in [0.25, 0.3) is 5.57 Å². The number of benzene rings is 1. The van der Waals surface area contributed by atoms with Gasteiger partial charge in [0.1, 0.15) is 5.84 Å². The first-order valence-electron chi connectivity index (χ1n) is 12.5. The zero-order valence-electron chi connectivity index (χ0n) is 21.5. The van der Waals surface area contributed by atoms with E-state index in [-0.39, 0.29) is 18.2 Å². The van der Waals surface area contributed by atoms with Crippen LogP contribution in [0.4, 0.5) is 5.69 Å². The van der Waals surface area contributed by atoms with Crippen molar-refractivity contribution < 1.29 is 9.59 Å². The highest BCUT2D eigenvalue weighted by Crippen LogP contribution is 2.35. The maximum Gasteiger partial charge on any atom is 0.261 e. The van der Waals surface area contributed by atoms with E-state index in [9.17, 15) is 9.59 Å². The number of anilines is 1. The lowest BCUT2D eigenvalue weighted by atomic mass is 9.98. The van der Waals surface area contributed by atoms with E-state index < -0.39 is 0 Å². The monoisotopic (exact) mass is 486 g/mol. The molecular weight excluding hydrogens is 452 g/mol. The number of hydrogen-bond donors (Lipinski definition) is 1. The van der Waals surface area contributed by atoms with Crippen LogP contribution in [0.2, 0.25) is 0 Å². The quantitative estimate of drug-likeness (QED) is 0.556. The minimum absolute atomic E-state index is 0.0813. The van der Waals surface area contributed by atoms with Crippen molar-refractivity contribution in [2.24, 2.45) is 4.99 Å². The molecule has 8 heteroatoms. The number of amides is 1. The maximum atomic E-state index is 14.0. The third-order valence-electron chi connectivity index (χ3n) is 6.77. The van der Waals surface area contributed by atoms with Crippen LogP contribution >= 0.6 is 0 Å². The molecular formula is C28H34N6O2. The Hall–Kier alpha value is -3.62. The summed E-state index contributed by atoms with van der Waals surface area (Å²) in [4.78, 5) is 42.6. The van der Waals surface area contributed by atoms with Gasteiger partial charge in [-0.3, -0.25) is 19.5 Å². The Morgan fingerprint density at radius 3 is 2.36 bits per heavy atom. The van der Waals surface area contributed by atoms with Crippen LogP contribution in [0.15, 0.2) is 71.1 Å². The molecule has 1 N–H and O–H groups in total. The van der Waals surface area contributed by atoms with Crippen LogP contribution in [0.5, 0.6) is 0 Å². The molecule has 2 aliphatic heterocycles. The number of rotatable bonds is 10. The van der Waals surface area contributed by atoms with Gasteiger partial charge < -0.3 is 15.1 Å². The summed E-state index contributed by atoms with van der Waals surface area (Å²) in [6.45, 7) is 11.0. The van der Waals surface area contributed by atoms with E-state index in [2.05, 4.69) is 45.9 Å². The number of ketones is 1. The summed E-state index contributed by atoms with van der Waals surface area (Å²) in [7, 11) is 1.70. The van der Waals surface area contributed by atoms with Crippen LogP contribution in [0.1, 0.15) is 32.0 Å². The lowest BCUT2D eigenvalue weighted by Crippen LogP contribution is -2.39. The van der Waals surface area contributed by atoms with Gasteiger partial charge in [0.25, 0.3) is 5.91 Å². The molecule has 0 aliphatic carbocycles. The fourth-order valence-corrected chi connectivity index (χ4v) is 4.51. The van der Waals surface area contributed by atoms with Gasteiger partial charge in [-0.05, 0) is 31.8 Å². The number of likely N-dealkylation sites (N-methyl/N-ethyl adjacent to an activating group) is 3. The normalized spacial score (nSPS) is 15.3. The van der Waals surface area contributed by atoms with Crippen LogP contribution < -0.4 is 10.2 Å². The smallest absolute Gasteiger partial charge is 0.261 e. The van der Waals surface area contributed by atoms with E-state index in [4.69, 9.17) is 0 Å². The largest absolute Gasteiger partial charge is 0.338 e. The molecule has 0 radical (unpaired) electrons. The zero-order chi connectivity index (χ0) is 25.7. The minimum atomic E-state index is -0.237. The molecule has 4 rings (SSSR count). The molecule has 36 heavy (non-hydrogen) atoms. The van der Waals surface area contributed by atoms with Crippen molar-refractivity contribution in [1.82, 2.24) is 20.1 Å². The fraction of sp³-hybridized carbons (Fsp3) is 0.357. The molecule has 1 aromatic heterocycles. The Labute approximate surface area is 213 Å². The highest BCUT2D eigenvalue weighted by Gasteiger charge is 2.35. The van der Waals surface area contributed by atoms with Gasteiger partial charge in [-0.15, -0.1) is 0 Å². The number of carbonyl (C=O) groups is 2. The number of pyridine rings is 1. The average Bonchev–Trinajstić information content (AvgIpc) is 3.01. The number of aromatic nitrogens is 1. The topological polar surface area (TPSA) is 81.1 Å². The Morgan fingerprint density at radius 1 is 0.972 bits per heavy atom. The lowest BCUT2D eigenvalue weighted by Gasteiger charge is -2.26. The van der Waals surface area contributed by atoms with Gasteiger partial charge in [0.05, 0.1) is 34.8 Å². The Bertz CT molecular complexity index is 1210. The third kappa shape index (κ3) is 5.15. The van der Waals surface area contributed by atoms with Crippen molar-refractivity contribution in [3.63, 3.8) is 0 Å². The summed E-state index contributed by atoms with van der Waals surface area (Å²) in [5, 5.41) is 3.32. The summed E-state index contributed by atoms with van der Waals surface area (Å²) >= 11 is 0. The molecule has 1 amide bonds. The number of nitrogens with one attached hydrogen (secondary N) is 1. The van der Waals surface area contributed by atoms with Crippen LogP contribution in [-0.2, 0) is 9.59 Å². The molecule has 0 atom stereocenters. The van der Waals surface area contributed by atoms with E-state index in [1.54, 1.807) is 25.5 Å². The molecule has 1 aromatic carbocycles. The molecule has 0 bridgehead atoms. The van der Waals surface area contributed by atoms with E-state index in [0.717, 1.165) is 38.3 Å². The summed E-state index contributed by atoms with van der Waals surface area (Å²) in [6.07, 6.45) is 3.22. The van der Waals surface area contributed by atoms with Gasteiger partial charge in [0.2, 0.25) is 0 Å². The van der Waals surface area contributed by atoms with E-state index >= 15 is 0 Å². The highest BCUT2D eigenvalue weighted by molar-refractivity contribution is 6.29. The number of Topliss-reactive ketones (excluding diaryl/α,β-unsaturated/α-hetero) is 1. The van der Waals surface area contributed by atoms with Gasteiger partial charge >= 0.3 is 0 Å². The highest BCUT2D eigenvalue weighted by atomic mass is 16.2. The second-order valence-electron chi connectivity index (χ2n) is 8.82. The molecule has 8 nitrogen and oxygen atoms in total. The number of nitrogens with zero attached hydrogens (tertiary/aromatic N) is 5. The predicted molar refractivity (Wildman–Crippen MR) is 144 cm³/mol. The summed E-state index contributed by atoms with van der Waals surface area (Å²) in [6, 6.07) is 13.3. The third-order valence-corrected chi connectivity index (χ3v) is 6.77. The van der Waals surface area contributed by atoms with Gasteiger partial charge in [-0.1, -0.05) is 51.1 Å². The Kier molecular flexibility index (Phi) is 8.07. The number of fused-ring (bicyclic) bond motifs is 2. The first-order chi connectivity index (χ1) is 17.5. The lowest BCUT2D eigenvalue weighted by molar-refractivity contribution is -0.115. The van der Waals surface area contributed by atoms with Gasteiger partial charge in [-0.25, -0.2) is 4.99 Å². The SMILES string of the molecule is CCN(CC)CCN(CC)CC(=O)C1=C2NC(c3ccccc3)=NC=C2C(=O)N(C)c2cccnc21. The molecule has 0 saturated carbocycles. The number of hydrogen-bond acceptors (Lipinski definition) is 7. The summed E-state index contributed by atoms with van der Waals surface area (Å²) in [5.41, 5.74) is 3.20. The van der Waals surface area contributed by atoms with Crippen molar-refractivity contribution in [3.8, 4) is 0 Å². The van der Waals surface area contributed by atoms with Gasteiger partial charge in [0, 0.05) is 38.1 Å². The zero-order valence-corrected chi connectivity index (χ0v) is 21.5. The van der Waals surface area contributed by atoms with Crippen molar-refractivity contribution >= 4 is 28.8 Å². The predicted octanol–water partition coefficient (Wildman–Crippen LogP) is 2.94. The molecule has 2 aliphatic rings. The molecule has 0 saturated heterocycles. The molecule has 3 heterocycles. The maximum absolute atomic E-state index is 14.0. The van der Waals surface area contributed by atoms with Crippen molar-refractivity contribution in [1.29, 1.82) is 0 Å². The van der Waals surface area contributed by atoms with Crippen LogP contribution in [0, 0.1) is 0 Å². The summed E-state index contributed by atoms with van der Waals surface area (Å²) < 4.78 is 0. The Morgan fingerprint density at radius 2 is 1.67 bits per heavy atom. The van der Waals surface area contributed by atoms with Crippen LogP contribution in [0.3, 0.4) is 0 Å². The van der Waals surface area contributed by atoms with Crippen LogP contribution in [-0.4, -0.2) is 78.6 Å². The number of amidine groups is 1. The molecule has 0 fully saturated rings. The standard InChI is InChI=1S/C28H34N6O2/c1-5-33(6-2)16-17-34(7-3)19-23(35)24-25-21(18-30-27(31-25)20-12-9-8-10-13-20)28(36)32(4)22-14-11-15-29-26(22)24/h8-15,18H,5-7,16-17,19H2,1-4H3,(H,30,31). The fourth-order valence-electron chi connectivity index (χ4n) is 4.51. The number of carbonyl (C=O) groups excluding carboxylic acids is 2. The van der Waals surface area contributed by atoms with Crippen molar-refractivity contribution in [2.75, 3.05) is 51.2 Å². The van der Waals surface area contributed by atoms with Gasteiger partial charge in [0.15, 0.2) is 5.78 Å². The second-order valence-corrected chi connectivity index (χ2v) is 8.82. The molecule has 0 spiro atoms.